The van der Waals surface area contributed by atoms with Gasteiger partial charge >= 0.3 is 0 Å². The number of aryl methyl sites for hydroxylation is 3. The molecule has 0 saturated carbocycles. The summed E-state index contributed by atoms with van der Waals surface area (Å²) in [5.41, 5.74) is 4.26. The number of hydrogen-bond donors (Lipinski definition) is 1. The predicted molar refractivity (Wildman–Crippen MR) is 150 cm³/mol. The molecule has 1 heterocycles. The molecule has 0 radical (unpaired) electrons. The van der Waals surface area contributed by atoms with E-state index in [4.69, 9.17) is 9.72 Å². The van der Waals surface area contributed by atoms with Crippen molar-refractivity contribution in [3.63, 3.8) is 0 Å². The van der Waals surface area contributed by atoms with Crippen molar-refractivity contribution in [2.45, 2.75) is 104 Å². The van der Waals surface area contributed by atoms with Crippen LogP contribution >= 0.6 is 0 Å². The third-order valence-corrected chi connectivity index (χ3v) is 6.89. The van der Waals surface area contributed by atoms with Gasteiger partial charge in [0.15, 0.2) is 6.61 Å². The molecule has 3 rings (SSSR count). The van der Waals surface area contributed by atoms with Gasteiger partial charge in [-0.1, -0.05) is 89.0 Å². The van der Waals surface area contributed by atoms with Crippen LogP contribution in [0, 0.1) is 13.8 Å². The van der Waals surface area contributed by atoms with Gasteiger partial charge in [0.2, 0.25) is 0 Å². The molecule has 0 aliphatic heterocycles. The van der Waals surface area contributed by atoms with Crippen LogP contribution in [0.3, 0.4) is 0 Å². The molecular weight excluding hydrogens is 446 g/mol. The van der Waals surface area contributed by atoms with Gasteiger partial charge in [-0.05, 0) is 56.5 Å². The van der Waals surface area contributed by atoms with Crippen LogP contribution in [0.4, 0.5) is 0 Å². The molecule has 0 saturated heterocycles. The van der Waals surface area contributed by atoms with E-state index in [9.17, 15) is 4.79 Å². The quantitative estimate of drug-likeness (QED) is 0.208. The summed E-state index contributed by atoms with van der Waals surface area (Å²) < 4.78 is 8.09. The molecule has 36 heavy (non-hydrogen) atoms. The lowest BCUT2D eigenvalue weighted by Gasteiger charge is -2.17. The van der Waals surface area contributed by atoms with Crippen molar-refractivity contribution in [2.24, 2.45) is 0 Å². The number of para-hydroxylation sites is 2. The molecule has 0 spiro atoms. The number of nitrogens with zero attached hydrogens (tertiary/aromatic N) is 2. The van der Waals surface area contributed by atoms with Crippen LogP contribution in [0.1, 0.15) is 101 Å². The summed E-state index contributed by atoms with van der Waals surface area (Å²) in [7, 11) is 0. The van der Waals surface area contributed by atoms with Gasteiger partial charge in [-0.15, -0.1) is 0 Å². The van der Waals surface area contributed by atoms with Crippen molar-refractivity contribution >= 4 is 16.9 Å². The second-order valence-corrected chi connectivity index (χ2v) is 10.1. The molecule has 2 aromatic carbocycles. The first-order valence-electron chi connectivity index (χ1n) is 13.9. The molecular formula is C31H45N3O2. The molecule has 1 aromatic heterocycles. The van der Waals surface area contributed by atoms with Gasteiger partial charge < -0.3 is 14.6 Å². The Morgan fingerprint density at radius 3 is 2.33 bits per heavy atom. The van der Waals surface area contributed by atoms with Gasteiger partial charge in [0, 0.05) is 6.54 Å². The summed E-state index contributed by atoms with van der Waals surface area (Å²) in [6.07, 6.45) is 13.2. The molecule has 1 amide bonds. The summed E-state index contributed by atoms with van der Waals surface area (Å²) in [6.45, 7) is 9.20. The van der Waals surface area contributed by atoms with Crippen molar-refractivity contribution < 1.29 is 9.53 Å². The number of unbranched alkanes of at least 4 members (excludes halogenated alkanes) is 9. The lowest BCUT2D eigenvalue weighted by Crippen LogP contribution is -2.32. The average Bonchev–Trinajstić information content (AvgIpc) is 3.24. The lowest BCUT2D eigenvalue weighted by atomic mass is 10.1. The number of ether oxygens (including phenoxy) is 1. The number of amides is 1. The van der Waals surface area contributed by atoms with Crippen LogP contribution in [-0.2, 0) is 11.3 Å². The van der Waals surface area contributed by atoms with Crippen molar-refractivity contribution in [2.75, 3.05) is 6.61 Å². The number of hydrogen-bond acceptors (Lipinski definition) is 3. The number of nitrogens with one attached hydrogen (secondary N) is 1. The van der Waals surface area contributed by atoms with Crippen LogP contribution in [-0.4, -0.2) is 22.1 Å². The first kappa shape index (κ1) is 27.8. The van der Waals surface area contributed by atoms with E-state index in [1.165, 1.54) is 57.8 Å². The molecule has 1 unspecified atom stereocenters. The Morgan fingerprint density at radius 1 is 0.944 bits per heavy atom. The molecule has 3 aromatic rings. The van der Waals surface area contributed by atoms with Crippen molar-refractivity contribution in [1.29, 1.82) is 0 Å². The minimum Gasteiger partial charge on any atom is -0.483 e. The number of rotatable bonds is 16. The Bertz CT molecular complexity index is 1090. The fourth-order valence-electron chi connectivity index (χ4n) is 4.77. The number of aromatic nitrogens is 2. The topological polar surface area (TPSA) is 56.2 Å². The second kappa shape index (κ2) is 14.7. The number of fused-ring (bicyclic) bond motifs is 1. The standard InChI is InChI=1S/C31H45N3O2/c1-5-6-7-8-9-10-11-12-13-16-21-34-28-18-15-14-17-27(28)33-31(34)26(4)32-30(35)23-36-29-22-24(2)19-20-25(29)3/h14-15,17-20,22,26H,5-13,16,21,23H2,1-4H3,(H,32,35). The van der Waals surface area contributed by atoms with E-state index in [1.54, 1.807) is 0 Å². The summed E-state index contributed by atoms with van der Waals surface area (Å²) in [4.78, 5) is 17.6. The molecule has 0 bridgehead atoms. The maximum absolute atomic E-state index is 12.7. The minimum absolute atomic E-state index is 0.00664. The summed E-state index contributed by atoms with van der Waals surface area (Å²) in [6, 6.07) is 14.1. The van der Waals surface area contributed by atoms with Gasteiger partial charge in [-0.3, -0.25) is 4.79 Å². The van der Waals surface area contributed by atoms with Crippen LogP contribution in [0.2, 0.25) is 0 Å². The van der Waals surface area contributed by atoms with Crippen LogP contribution in [0.25, 0.3) is 11.0 Å². The fourth-order valence-corrected chi connectivity index (χ4v) is 4.77. The Kier molecular flexibility index (Phi) is 11.3. The number of benzene rings is 2. The van der Waals surface area contributed by atoms with Crippen LogP contribution < -0.4 is 10.1 Å². The monoisotopic (exact) mass is 491 g/mol. The van der Waals surface area contributed by atoms with Crippen molar-refractivity contribution in [3.05, 3.63) is 59.4 Å². The highest BCUT2D eigenvalue weighted by Crippen LogP contribution is 2.23. The smallest absolute Gasteiger partial charge is 0.258 e. The lowest BCUT2D eigenvalue weighted by molar-refractivity contribution is -0.123. The molecule has 0 aliphatic rings. The van der Waals surface area contributed by atoms with Crippen LogP contribution in [0.15, 0.2) is 42.5 Å². The Hall–Kier alpha value is -2.82. The molecule has 196 valence electrons. The summed E-state index contributed by atoms with van der Waals surface area (Å²) >= 11 is 0. The molecule has 1 atom stereocenters. The van der Waals surface area contributed by atoms with E-state index < -0.39 is 0 Å². The van der Waals surface area contributed by atoms with Gasteiger partial charge in [-0.25, -0.2) is 4.98 Å². The van der Waals surface area contributed by atoms with Gasteiger partial charge in [0.05, 0.1) is 17.1 Å². The Labute approximate surface area is 217 Å². The SMILES string of the molecule is CCCCCCCCCCCCn1c(C(C)NC(=O)COc2cc(C)ccc2C)nc2ccccc21. The maximum Gasteiger partial charge on any atom is 0.258 e. The molecule has 0 fully saturated rings. The van der Waals surface area contributed by atoms with Crippen LogP contribution in [0.5, 0.6) is 5.75 Å². The van der Waals surface area contributed by atoms with Gasteiger partial charge in [0.25, 0.3) is 5.91 Å². The number of imidazole rings is 1. The third-order valence-electron chi connectivity index (χ3n) is 6.89. The normalized spacial score (nSPS) is 12.1. The Morgan fingerprint density at radius 2 is 1.61 bits per heavy atom. The highest BCUT2D eigenvalue weighted by Gasteiger charge is 2.18. The van der Waals surface area contributed by atoms with Crippen molar-refractivity contribution in [3.8, 4) is 5.75 Å². The first-order chi connectivity index (χ1) is 17.5. The van der Waals surface area contributed by atoms with E-state index in [0.717, 1.165) is 46.7 Å². The number of carbonyl (C=O) groups is 1. The predicted octanol–water partition coefficient (Wildman–Crippen LogP) is 7.83. The first-order valence-corrected chi connectivity index (χ1v) is 13.9. The van der Waals surface area contributed by atoms with E-state index in [2.05, 4.69) is 28.9 Å². The highest BCUT2D eigenvalue weighted by atomic mass is 16.5. The third kappa shape index (κ3) is 8.39. The summed E-state index contributed by atoms with van der Waals surface area (Å²) in [5.74, 6) is 1.53. The van der Waals surface area contributed by atoms with E-state index in [0.29, 0.717) is 0 Å². The average molecular weight is 492 g/mol. The number of carbonyl (C=O) groups excluding carboxylic acids is 1. The summed E-state index contributed by atoms with van der Waals surface area (Å²) in [5, 5.41) is 3.09. The minimum atomic E-state index is -0.199. The zero-order chi connectivity index (χ0) is 25.8. The van der Waals surface area contributed by atoms with Gasteiger partial charge in [0.1, 0.15) is 11.6 Å². The van der Waals surface area contributed by atoms with Gasteiger partial charge in [-0.2, -0.15) is 0 Å². The fraction of sp³-hybridized carbons (Fsp3) is 0.548. The molecule has 5 heteroatoms. The molecule has 5 nitrogen and oxygen atoms in total. The molecule has 0 aliphatic carbocycles. The molecule has 1 N–H and O–H groups in total. The zero-order valence-electron chi connectivity index (χ0n) is 22.8. The van der Waals surface area contributed by atoms with E-state index in [-0.39, 0.29) is 18.6 Å². The highest BCUT2D eigenvalue weighted by molar-refractivity contribution is 5.79. The Balaban J connectivity index is 1.51. The van der Waals surface area contributed by atoms with E-state index >= 15 is 0 Å². The van der Waals surface area contributed by atoms with E-state index in [1.807, 2.05) is 51.1 Å². The zero-order valence-corrected chi connectivity index (χ0v) is 22.8. The largest absolute Gasteiger partial charge is 0.483 e. The van der Waals surface area contributed by atoms with Crippen molar-refractivity contribution in [1.82, 2.24) is 14.9 Å². The second-order valence-electron chi connectivity index (χ2n) is 10.1. The maximum atomic E-state index is 12.7.